The van der Waals surface area contributed by atoms with Gasteiger partial charge in [-0.1, -0.05) is 98.3 Å². The Morgan fingerprint density at radius 2 is 0.913 bits per heavy atom. The van der Waals surface area contributed by atoms with Gasteiger partial charge in [0, 0.05) is 0 Å². The molecule has 0 aromatic rings. The van der Waals surface area contributed by atoms with Crippen LogP contribution in [0.1, 0.15) is 118 Å². The van der Waals surface area contributed by atoms with E-state index in [1.807, 2.05) is 0 Å². The smallest absolute Gasteiger partial charge is 0.00187 e. The van der Waals surface area contributed by atoms with Crippen LogP contribution < -0.4 is 0 Å². The van der Waals surface area contributed by atoms with Crippen molar-refractivity contribution in [2.24, 2.45) is 5.92 Å². The van der Waals surface area contributed by atoms with E-state index < -0.39 is 0 Å². The van der Waals surface area contributed by atoms with Gasteiger partial charge in [0.25, 0.3) is 0 Å². The van der Waals surface area contributed by atoms with Crippen molar-refractivity contribution in [3.63, 3.8) is 0 Å². The monoisotopic (exact) mass is 325 g/mol. The SMILES string of the molecule is CCCCCCN(CCCCCC)CCCCCCCC(C)C. The van der Waals surface area contributed by atoms with Crippen molar-refractivity contribution in [2.75, 3.05) is 19.6 Å². The predicted octanol–water partition coefficient (Wildman–Crippen LogP) is 7.45. The molecule has 0 aliphatic heterocycles. The predicted molar refractivity (Wildman–Crippen MR) is 107 cm³/mol. The molecule has 0 spiro atoms. The van der Waals surface area contributed by atoms with E-state index in [4.69, 9.17) is 0 Å². The number of rotatable bonds is 18. The lowest BCUT2D eigenvalue weighted by molar-refractivity contribution is 0.254. The van der Waals surface area contributed by atoms with E-state index in [1.165, 1.54) is 110 Å². The average Bonchev–Trinajstić information content (AvgIpc) is 2.53. The number of unbranched alkanes of at least 4 members (excludes halogenated alkanes) is 10. The van der Waals surface area contributed by atoms with Crippen LogP contribution in [0.5, 0.6) is 0 Å². The molecule has 0 bridgehead atoms. The molecule has 0 rings (SSSR count). The Bertz CT molecular complexity index is 200. The molecule has 1 nitrogen and oxygen atoms in total. The minimum atomic E-state index is 0.886. The molecular formula is C22H47N. The van der Waals surface area contributed by atoms with E-state index >= 15 is 0 Å². The molecule has 0 amide bonds. The molecule has 0 aromatic heterocycles. The highest BCUT2D eigenvalue weighted by molar-refractivity contribution is 4.60. The Morgan fingerprint density at radius 3 is 1.35 bits per heavy atom. The van der Waals surface area contributed by atoms with E-state index in [0.717, 1.165) is 5.92 Å². The summed E-state index contributed by atoms with van der Waals surface area (Å²) in [6.07, 6.45) is 19.8. The molecule has 0 saturated carbocycles. The largest absolute Gasteiger partial charge is 0.303 e. The van der Waals surface area contributed by atoms with Gasteiger partial charge in [0.15, 0.2) is 0 Å². The normalized spacial score (nSPS) is 11.7. The van der Waals surface area contributed by atoms with Crippen LogP contribution in [0.15, 0.2) is 0 Å². The first-order valence-electron chi connectivity index (χ1n) is 10.9. The zero-order valence-electron chi connectivity index (χ0n) is 17.0. The lowest BCUT2D eigenvalue weighted by atomic mass is 10.0. The van der Waals surface area contributed by atoms with E-state index in [1.54, 1.807) is 0 Å². The van der Waals surface area contributed by atoms with Gasteiger partial charge in [-0.3, -0.25) is 0 Å². The molecule has 0 unspecified atom stereocenters. The highest BCUT2D eigenvalue weighted by atomic mass is 15.1. The molecule has 0 aliphatic carbocycles. The summed E-state index contributed by atoms with van der Waals surface area (Å²) >= 11 is 0. The second-order valence-electron chi connectivity index (χ2n) is 7.91. The Balaban J connectivity index is 3.68. The molecular weight excluding hydrogens is 278 g/mol. The summed E-state index contributed by atoms with van der Waals surface area (Å²) in [5.41, 5.74) is 0. The van der Waals surface area contributed by atoms with E-state index in [9.17, 15) is 0 Å². The molecule has 0 atom stereocenters. The van der Waals surface area contributed by atoms with Gasteiger partial charge in [-0.05, 0) is 44.8 Å². The van der Waals surface area contributed by atoms with Crippen molar-refractivity contribution >= 4 is 0 Å². The van der Waals surface area contributed by atoms with Crippen LogP contribution in [0.4, 0.5) is 0 Å². The average molecular weight is 326 g/mol. The number of hydrogen-bond acceptors (Lipinski definition) is 1. The van der Waals surface area contributed by atoms with E-state index in [-0.39, 0.29) is 0 Å². The molecule has 0 saturated heterocycles. The second-order valence-corrected chi connectivity index (χ2v) is 7.91. The van der Waals surface area contributed by atoms with Crippen molar-refractivity contribution in [1.29, 1.82) is 0 Å². The van der Waals surface area contributed by atoms with Crippen LogP contribution in [0.2, 0.25) is 0 Å². The van der Waals surface area contributed by atoms with Gasteiger partial charge >= 0.3 is 0 Å². The van der Waals surface area contributed by atoms with Gasteiger partial charge in [0.05, 0.1) is 0 Å². The van der Waals surface area contributed by atoms with Crippen molar-refractivity contribution < 1.29 is 0 Å². The van der Waals surface area contributed by atoms with Crippen LogP contribution in [0.25, 0.3) is 0 Å². The van der Waals surface area contributed by atoms with Gasteiger partial charge < -0.3 is 4.90 Å². The van der Waals surface area contributed by atoms with Gasteiger partial charge in [-0.25, -0.2) is 0 Å². The Morgan fingerprint density at radius 1 is 0.522 bits per heavy atom. The van der Waals surface area contributed by atoms with Crippen molar-refractivity contribution in [3.05, 3.63) is 0 Å². The Kier molecular flexibility index (Phi) is 18.3. The van der Waals surface area contributed by atoms with Crippen molar-refractivity contribution in [3.8, 4) is 0 Å². The Hall–Kier alpha value is -0.0400. The molecule has 0 fully saturated rings. The topological polar surface area (TPSA) is 3.24 Å². The first-order chi connectivity index (χ1) is 11.2. The minimum absolute atomic E-state index is 0.886. The molecule has 0 N–H and O–H groups in total. The summed E-state index contributed by atoms with van der Waals surface area (Å²) in [5, 5.41) is 0. The third kappa shape index (κ3) is 18.1. The summed E-state index contributed by atoms with van der Waals surface area (Å²) in [5.74, 6) is 0.886. The van der Waals surface area contributed by atoms with E-state index in [2.05, 4.69) is 32.6 Å². The fourth-order valence-corrected chi connectivity index (χ4v) is 3.28. The standard InChI is InChI=1S/C22H47N/c1-5-7-9-15-19-23(20-16-10-8-6-2)21-17-13-11-12-14-18-22(3)4/h22H,5-21H2,1-4H3. The fourth-order valence-electron chi connectivity index (χ4n) is 3.28. The summed E-state index contributed by atoms with van der Waals surface area (Å²) < 4.78 is 0. The molecule has 0 radical (unpaired) electrons. The second kappa shape index (κ2) is 18.3. The summed E-state index contributed by atoms with van der Waals surface area (Å²) in [4.78, 5) is 2.76. The quantitative estimate of drug-likeness (QED) is 0.237. The van der Waals surface area contributed by atoms with Gasteiger partial charge in [-0.15, -0.1) is 0 Å². The molecule has 0 heterocycles. The summed E-state index contributed by atoms with van der Waals surface area (Å²) in [6.45, 7) is 13.3. The maximum atomic E-state index is 2.76. The zero-order chi connectivity index (χ0) is 17.2. The lowest BCUT2D eigenvalue weighted by Gasteiger charge is -2.22. The van der Waals surface area contributed by atoms with Crippen molar-refractivity contribution in [2.45, 2.75) is 118 Å². The Labute approximate surface area is 148 Å². The maximum absolute atomic E-state index is 2.76. The molecule has 0 aromatic carbocycles. The minimum Gasteiger partial charge on any atom is -0.303 e. The third-order valence-corrected chi connectivity index (χ3v) is 4.91. The zero-order valence-corrected chi connectivity index (χ0v) is 17.0. The summed E-state index contributed by atoms with van der Waals surface area (Å²) in [7, 11) is 0. The van der Waals surface area contributed by atoms with Gasteiger partial charge in [0.2, 0.25) is 0 Å². The molecule has 1 heteroatoms. The van der Waals surface area contributed by atoms with E-state index in [0.29, 0.717) is 0 Å². The number of nitrogens with zero attached hydrogens (tertiary/aromatic N) is 1. The van der Waals surface area contributed by atoms with Crippen LogP contribution in [0.3, 0.4) is 0 Å². The highest BCUT2D eigenvalue weighted by Gasteiger charge is 2.04. The van der Waals surface area contributed by atoms with Crippen LogP contribution in [-0.4, -0.2) is 24.5 Å². The van der Waals surface area contributed by atoms with Gasteiger partial charge in [0.1, 0.15) is 0 Å². The fraction of sp³-hybridized carbons (Fsp3) is 1.00. The first kappa shape index (κ1) is 23.0. The van der Waals surface area contributed by atoms with Crippen molar-refractivity contribution in [1.82, 2.24) is 4.90 Å². The summed E-state index contributed by atoms with van der Waals surface area (Å²) in [6, 6.07) is 0. The lowest BCUT2D eigenvalue weighted by Crippen LogP contribution is -2.27. The third-order valence-electron chi connectivity index (χ3n) is 4.91. The molecule has 0 aliphatic rings. The van der Waals surface area contributed by atoms with Crippen LogP contribution in [-0.2, 0) is 0 Å². The van der Waals surface area contributed by atoms with Gasteiger partial charge in [-0.2, -0.15) is 0 Å². The maximum Gasteiger partial charge on any atom is -0.00187 e. The van der Waals surface area contributed by atoms with Crippen LogP contribution >= 0.6 is 0 Å². The molecule has 140 valence electrons. The first-order valence-corrected chi connectivity index (χ1v) is 10.9. The number of hydrogen-bond donors (Lipinski definition) is 0. The highest BCUT2D eigenvalue weighted by Crippen LogP contribution is 2.12. The van der Waals surface area contributed by atoms with Crippen LogP contribution in [0, 0.1) is 5.92 Å². The molecule has 23 heavy (non-hydrogen) atoms.